The van der Waals surface area contributed by atoms with Gasteiger partial charge in [-0.2, -0.15) is 0 Å². The Morgan fingerprint density at radius 1 is 1.57 bits per heavy atom. The molecule has 1 aliphatic heterocycles. The van der Waals surface area contributed by atoms with E-state index in [0.29, 0.717) is 5.56 Å². The number of hydrogen-bond donors (Lipinski definition) is 1. The van der Waals surface area contributed by atoms with Gasteiger partial charge in [-0.15, -0.1) is 0 Å². The molecule has 0 aliphatic carbocycles. The fraction of sp³-hybridized carbons (Fsp3) is 0.333. The van der Waals surface area contributed by atoms with E-state index < -0.39 is 10.7 Å². The molecule has 0 aromatic heterocycles. The van der Waals surface area contributed by atoms with Crippen molar-refractivity contribution in [3.63, 3.8) is 0 Å². The van der Waals surface area contributed by atoms with E-state index in [2.05, 4.69) is 5.32 Å². The van der Waals surface area contributed by atoms with Crippen LogP contribution >= 0.6 is 0 Å². The van der Waals surface area contributed by atoms with Gasteiger partial charge in [-0.25, -0.2) is 4.39 Å². The van der Waals surface area contributed by atoms with Crippen LogP contribution in [-0.2, 0) is 0 Å². The Hall–Kier alpha value is -1.49. The summed E-state index contributed by atoms with van der Waals surface area (Å²) in [4.78, 5) is 9.74. The summed E-state index contributed by atoms with van der Waals surface area (Å²) in [7, 11) is 0. The van der Waals surface area contributed by atoms with Crippen molar-refractivity contribution in [3.8, 4) is 0 Å². The van der Waals surface area contributed by atoms with Gasteiger partial charge >= 0.3 is 0 Å². The Bertz CT molecular complexity index is 377. The average Bonchev–Trinajstić information content (AvgIpc) is 2.04. The van der Waals surface area contributed by atoms with Crippen molar-refractivity contribution in [1.82, 2.24) is 5.32 Å². The molecule has 74 valence electrons. The van der Waals surface area contributed by atoms with Gasteiger partial charge in [-0.1, -0.05) is 0 Å². The van der Waals surface area contributed by atoms with Crippen LogP contribution in [0.2, 0.25) is 0 Å². The zero-order valence-corrected chi connectivity index (χ0v) is 7.37. The van der Waals surface area contributed by atoms with E-state index in [1.807, 2.05) is 0 Å². The van der Waals surface area contributed by atoms with Crippen molar-refractivity contribution in [3.05, 3.63) is 39.7 Å². The lowest BCUT2D eigenvalue weighted by molar-refractivity contribution is -0.385. The second-order valence-electron chi connectivity index (χ2n) is 3.26. The van der Waals surface area contributed by atoms with E-state index in [4.69, 9.17) is 0 Å². The number of hydrogen-bond acceptors (Lipinski definition) is 3. The highest BCUT2D eigenvalue weighted by Gasteiger charge is 2.22. The lowest BCUT2D eigenvalue weighted by Crippen LogP contribution is -2.35. The minimum Gasteiger partial charge on any atom is -0.310 e. The predicted molar refractivity (Wildman–Crippen MR) is 48.4 cm³/mol. The summed E-state index contributed by atoms with van der Waals surface area (Å²) in [5.74, 6) is -0.503. The molecule has 14 heavy (non-hydrogen) atoms. The van der Waals surface area contributed by atoms with E-state index in [0.717, 1.165) is 19.0 Å². The lowest BCUT2D eigenvalue weighted by atomic mass is 9.97. The van der Waals surface area contributed by atoms with Gasteiger partial charge in [0.1, 0.15) is 5.82 Å². The molecule has 4 nitrogen and oxygen atoms in total. The van der Waals surface area contributed by atoms with Crippen molar-refractivity contribution in [1.29, 1.82) is 0 Å². The third kappa shape index (κ3) is 1.46. The molecular weight excluding hydrogens is 187 g/mol. The fourth-order valence-corrected chi connectivity index (χ4v) is 1.47. The summed E-state index contributed by atoms with van der Waals surface area (Å²) in [6.07, 6.45) is 0.884. The second-order valence-corrected chi connectivity index (χ2v) is 3.26. The molecule has 1 aromatic rings. The first-order chi connectivity index (χ1) is 6.68. The number of halogens is 1. The molecule has 0 spiro atoms. The number of nitro benzene ring substituents is 1. The molecule has 1 N–H and O–H groups in total. The molecular formula is C9H9FN2O2. The molecule has 0 amide bonds. The Balaban J connectivity index is 2.30. The SMILES string of the molecule is O=[N+]([O-])c1ccc([C@@H]2CCN2)c(F)c1. The van der Waals surface area contributed by atoms with Gasteiger partial charge in [-0.3, -0.25) is 10.1 Å². The van der Waals surface area contributed by atoms with Crippen LogP contribution in [0.15, 0.2) is 18.2 Å². The third-order valence-electron chi connectivity index (χ3n) is 2.39. The first-order valence-electron chi connectivity index (χ1n) is 4.35. The van der Waals surface area contributed by atoms with Crippen LogP contribution in [0.25, 0.3) is 0 Å². The molecule has 0 bridgehead atoms. The maximum absolute atomic E-state index is 13.3. The van der Waals surface area contributed by atoms with E-state index in [1.165, 1.54) is 12.1 Å². The summed E-state index contributed by atoms with van der Waals surface area (Å²) in [6, 6.07) is 3.80. The van der Waals surface area contributed by atoms with Gasteiger partial charge in [0, 0.05) is 17.7 Å². The monoisotopic (exact) mass is 196 g/mol. The highest BCUT2D eigenvalue weighted by molar-refractivity contribution is 5.36. The van der Waals surface area contributed by atoms with E-state index in [-0.39, 0.29) is 11.7 Å². The summed E-state index contributed by atoms with van der Waals surface area (Å²) < 4.78 is 13.3. The highest BCUT2D eigenvalue weighted by Crippen LogP contribution is 2.27. The standard InChI is InChI=1S/C9H9FN2O2/c10-8-5-6(12(13)14)1-2-7(8)9-3-4-11-9/h1-2,5,9,11H,3-4H2/t9-/m0/s1. The number of benzene rings is 1. The number of rotatable bonds is 2. The molecule has 1 saturated heterocycles. The molecule has 2 rings (SSSR count). The van der Waals surface area contributed by atoms with E-state index >= 15 is 0 Å². The molecule has 0 saturated carbocycles. The maximum atomic E-state index is 13.3. The molecule has 1 atom stereocenters. The molecule has 1 fully saturated rings. The Kier molecular flexibility index (Phi) is 2.17. The normalized spacial score (nSPS) is 20.2. The highest BCUT2D eigenvalue weighted by atomic mass is 19.1. The lowest BCUT2D eigenvalue weighted by Gasteiger charge is -2.28. The Morgan fingerprint density at radius 2 is 2.29 bits per heavy atom. The topological polar surface area (TPSA) is 55.2 Å². The molecule has 0 radical (unpaired) electrons. The van der Waals surface area contributed by atoms with Gasteiger partial charge in [-0.05, 0) is 19.0 Å². The fourth-order valence-electron chi connectivity index (χ4n) is 1.47. The smallest absolute Gasteiger partial charge is 0.272 e. The van der Waals surface area contributed by atoms with Gasteiger partial charge in [0.2, 0.25) is 0 Å². The molecule has 5 heteroatoms. The van der Waals surface area contributed by atoms with Crippen LogP contribution in [0.3, 0.4) is 0 Å². The van der Waals surface area contributed by atoms with Crippen LogP contribution in [0.4, 0.5) is 10.1 Å². The maximum Gasteiger partial charge on any atom is 0.272 e. The second kappa shape index (κ2) is 3.34. The summed E-state index contributed by atoms with van der Waals surface area (Å²) >= 11 is 0. The summed E-state index contributed by atoms with van der Waals surface area (Å²) in [5.41, 5.74) is 0.312. The van der Waals surface area contributed by atoms with E-state index in [1.54, 1.807) is 0 Å². The molecule has 0 unspecified atom stereocenters. The van der Waals surface area contributed by atoms with E-state index in [9.17, 15) is 14.5 Å². The van der Waals surface area contributed by atoms with Crippen LogP contribution in [0, 0.1) is 15.9 Å². The van der Waals surface area contributed by atoms with Gasteiger partial charge in [0.15, 0.2) is 0 Å². The van der Waals surface area contributed by atoms with Crippen molar-refractivity contribution in [2.75, 3.05) is 6.54 Å². The van der Waals surface area contributed by atoms with Crippen LogP contribution in [0.5, 0.6) is 0 Å². The van der Waals surface area contributed by atoms with Gasteiger partial charge < -0.3 is 5.32 Å². The van der Waals surface area contributed by atoms with Gasteiger partial charge in [0.05, 0.1) is 11.0 Å². The summed E-state index contributed by atoms with van der Waals surface area (Å²) in [5, 5.41) is 13.4. The minimum absolute atomic E-state index is 0.0239. The average molecular weight is 196 g/mol. The number of nitrogens with one attached hydrogen (secondary N) is 1. The number of nitrogens with zero attached hydrogens (tertiary/aromatic N) is 1. The van der Waals surface area contributed by atoms with Crippen molar-refractivity contribution in [2.45, 2.75) is 12.5 Å². The minimum atomic E-state index is -0.596. The van der Waals surface area contributed by atoms with Crippen LogP contribution in [-0.4, -0.2) is 11.5 Å². The molecule has 1 aromatic carbocycles. The van der Waals surface area contributed by atoms with Crippen LogP contribution in [0.1, 0.15) is 18.0 Å². The van der Waals surface area contributed by atoms with Crippen molar-refractivity contribution < 1.29 is 9.31 Å². The zero-order chi connectivity index (χ0) is 10.1. The first kappa shape index (κ1) is 9.08. The molecule has 1 heterocycles. The van der Waals surface area contributed by atoms with Crippen molar-refractivity contribution in [2.24, 2.45) is 0 Å². The number of non-ortho nitro benzene ring substituents is 1. The number of nitro groups is 1. The Labute approximate surface area is 79.9 Å². The quantitative estimate of drug-likeness (QED) is 0.579. The molecule has 1 aliphatic rings. The largest absolute Gasteiger partial charge is 0.310 e. The predicted octanol–water partition coefficient (Wildman–Crippen LogP) is 1.77. The van der Waals surface area contributed by atoms with Crippen LogP contribution < -0.4 is 5.32 Å². The first-order valence-corrected chi connectivity index (χ1v) is 4.35. The third-order valence-corrected chi connectivity index (χ3v) is 2.39. The zero-order valence-electron chi connectivity index (χ0n) is 7.37. The Morgan fingerprint density at radius 3 is 2.71 bits per heavy atom. The van der Waals surface area contributed by atoms with Crippen molar-refractivity contribution >= 4 is 5.69 Å². The van der Waals surface area contributed by atoms with Gasteiger partial charge in [0.25, 0.3) is 5.69 Å². The summed E-state index contributed by atoms with van der Waals surface area (Å²) in [6.45, 7) is 0.876.